The summed E-state index contributed by atoms with van der Waals surface area (Å²) in [4.78, 5) is 12.2. The van der Waals surface area contributed by atoms with Gasteiger partial charge >= 0.3 is 0 Å². The number of fused-ring (bicyclic) bond motifs is 5. The number of rotatable bonds is 0. The topological polar surface area (TPSA) is 37.3 Å². The van der Waals surface area contributed by atoms with Crippen LogP contribution in [0.1, 0.15) is 72.1 Å². The smallest absolute Gasteiger partial charge is 0.136 e. The van der Waals surface area contributed by atoms with E-state index in [4.69, 9.17) is 0 Å². The van der Waals surface area contributed by atoms with Crippen LogP contribution in [0, 0.1) is 40.4 Å². The molecule has 1 N–H and O–H groups in total. The van der Waals surface area contributed by atoms with Crippen molar-refractivity contribution in [2.75, 3.05) is 0 Å². The molecule has 4 fully saturated rings. The maximum absolute atomic E-state index is 12.2. The van der Waals surface area contributed by atoms with E-state index in [0.717, 1.165) is 37.0 Å². The second-order valence-corrected chi connectivity index (χ2v) is 9.46. The van der Waals surface area contributed by atoms with Gasteiger partial charge in [0.2, 0.25) is 0 Å². The van der Waals surface area contributed by atoms with Gasteiger partial charge in [0.15, 0.2) is 0 Å². The van der Waals surface area contributed by atoms with Crippen molar-refractivity contribution >= 4 is 5.78 Å². The van der Waals surface area contributed by atoms with E-state index < -0.39 is 0 Å². The summed E-state index contributed by atoms with van der Waals surface area (Å²) >= 11 is 0. The Labute approximate surface area is 135 Å². The van der Waals surface area contributed by atoms with Crippen LogP contribution in [0.2, 0.25) is 0 Å². The molecule has 0 spiro atoms. The van der Waals surface area contributed by atoms with Crippen molar-refractivity contribution in [1.29, 1.82) is 0 Å². The van der Waals surface area contributed by atoms with E-state index in [2.05, 4.69) is 20.8 Å². The second-order valence-electron chi connectivity index (χ2n) is 9.46. The molecule has 3 unspecified atom stereocenters. The van der Waals surface area contributed by atoms with Gasteiger partial charge in [-0.05, 0) is 79.4 Å². The molecule has 0 aromatic carbocycles. The molecule has 0 aliphatic heterocycles. The molecular weight excluding hydrogens is 272 g/mol. The number of aliphatic hydroxyl groups is 1. The summed E-state index contributed by atoms with van der Waals surface area (Å²) in [5.74, 6) is 3.74. The molecule has 0 amide bonds. The van der Waals surface area contributed by atoms with Crippen LogP contribution < -0.4 is 0 Å². The molecule has 0 heterocycles. The fraction of sp³-hybridized carbons (Fsp3) is 0.950. The Kier molecular flexibility index (Phi) is 3.32. The van der Waals surface area contributed by atoms with E-state index in [0.29, 0.717) is 17.1 Å². The van der Waals surface area contributed by atoms with Crippen LogP contribution in [0.3, 0.4) is 0 Å². The van der Waals surface area contributed by atoms with Crippen molar-refractivity contribution in [2.24, 2.45) is 40.4 Å². The molecule has 4 aliphatic carbocycles. The van der Waals surface area contributed by atoms with E-state index in [1.807, 2.05) is 0 Å². The van der Waals surface area contributed by atoms with E-state index in [1.54, 1.807) is 0 Å². The lowest BCUT2D eigenvalue weighted by Crippen LogP contribution is -2.55. The Morgan fingerprint density at radius 2 is 1.59 bits per heavy atom. The maximum atomic E-state index is 12.2. The second kappa shape index (κ2) is 4.82. The molecule has 0 aromatic rings. The van der Waals surface area contributed by atoms with Gasteiger partial charge in [0, 0.05) is 12.3 Å². The van der Waals surface area contributed by atoms with Gasteiger partial charge in [-0.2, -0.15) is 0 Å². The third-order valence-electron chi connectivity index (χ3n) is 8.91. The minimum absolute atomic E-state index is 0.0733. The van der Waals surface area contributed by atoms with Crippen molar-refractivity contribution in [1.82, 2.24) is 0 Å². The highest BCUT2D eigenvalue weighted by Crippen LogP contribution is 2.66. The van der Waals surface area contributed by atoms with E-state index >= 15 is 0 Å². The minimum Gasteiger partial charge on any atom is -0.393 e. The van der Waals surface area contributed by atoms with Crippen LogP contribution >= 0.6 is 0 Å². The average molecular weight is 304 g/mol. The van der Waals surface area contributed by atoms with Crippen LogP contribution in [0.15, 0.2) is 0 Å². The fourth-order valence-electron chi connectivity index (χ4n) is 7.49. The van der Waals surface area contributed by atoms with Crippen LogP contribution in [-0.2, 0) is 4.79 Å². The Bertz CT molecular complexity index is 486. The lowest BCUT2D eigenvalue weighted by atomic mass is 9.44. The van der Waals surface area contributed by atoms with Crippen LogP contribution in [0.4, 0.5) is 0 Å². The van der Waals surface area contributed by atoms with Gasteiger partial charge < -0.3 is 5.11 Å². The average Bonchev–Trinajstić information content (AvgIpc) is 2.79. The van der Waals surface area contributed by atoms with Gasteiger partial charge in [-0.25, -0.2) is 0 Å². The normalized spacial score (nSPS) is 57.9. The SMILES string of the molecule is CC1C(=O)CC[C@@]2(C)C1CC[C@@H]1[C@@H]2CC[C@]2(C)C(O)CC[C@@H]12. The lowest BCUT2D eigenvalue weighted by Gasteiger charge is -2.61. The summed E-state index contributed by atoms with van der Waals surface area (Å²) in [6.45, 7) is 7.05. The maximum Gasteiger partial charge on any atom is 0.136 e. The van der Waals surface area contributed by atoms with Crippen molar-refractivity contribution < 1.29 is 9.90 Å². The van der Waals surface area contributed by atoms with Gasteiger partial charge in [0.25, 0.3) is 0 Å². The molecular formula is C20H32O2. The number of carbonyl (C=O) groups is 1. The van der Waals surface area contributed by atoms with Gasteiger partial charge in [-0.1, -0.05) is 20.8 Å². The molecule has 0 aromatic heterocycles. The Morgan fingerprint density at radius 1 is 0.909 bits per heavy atom. The fourth-order valence-corrected chi connectivity index (χ4v) is 7.49. The number of aliphatic hydroxyl groups excluding tert-OH is 1. The molecule has 22 heavy (non-hydrogen) atoms. The summed E-state index contributed by atoms with van der Waals surface area (Å²) in [6, 6.07) is 0. The zero-order valence-electron chi connectivity index (χ0n) is 14.5. The Hall–Kier alpha value is -0.370. The summed E-state index contributed by atoms with van der Waals surface area (Å²) in [5, 5.41) is 10.5. The molecule has 0 bridgehead atoms. The summed E-state index contributed by atoms with van der Waals surface area (Å²) in [5.41, 5.74) is 0.561. The summed E-state index contributed by atoms with van der Waals surface area (Å²) < 4.78 is 0. The van der Waals surface area contributed by atoms with Crippen LogP contribution in [-0.4, -0.2) is 17.0 Å². The molecule has 124 valence electrons. The highest BCUT2D eigenvalue weighted by atomic mass is 16.3. The quantitative estimate of drug-likeness (QED) is 0.728. The first-order chi connectivity index (χ1) is 10.4. The number of Topliss-reactive ketones (excluding diaryl/α,β-unsaturated/α-hetero) is 1. The third-order valence-corrected chi connectivity index (χ3v) is 8.91. The largest absolute Gasteiger partial charge is 0.393 e. The van der Waals surface area contributed by atoms with Crippen LogP contribution in [0.25, 0.3) is 0 Å². The standard InChI is InChI=1S/C20H32O2/c1-12-14-5-4-13-15-6-7-18(22)20(15,3)10-8-16(13)19(14,2)11-9-17(12)21/h12-16,18,22H,4-11H2,1-3H3/t12?,13-,14?,15-,16-,18?,19-,20-/m0/s1. The predicted octanol–water partition coefficient (Wildman–Crippen LogP) is 4.21. The number of carbonyl (C=O) groups excluding carboxylic acids is 1. The van der Waals surface area contributed by atoms with Crippen molar-refractivity contribution in [3.63, 3.8) is 0 Å². The van der Waals surface area contributed by atoms with Gasteiger partial charge in [0.05, 0.1) is 6.10 Å². The van der Waals surface area contributed by atoms with Crippen molar-refractivity contribution in [2.45, 2.75) is 78.2 Å². The minimum atomic E-state index is -0.0733. The Balaban J connectivity index is 1.65. The van der Waals surface area contributed by atoms with Gasteiger partial charge in [-0.15, -0.1) is 0 Å². The molecule has 8 atom stereocenters. The molecule has 4 rings (SSSR count). The number of hydrogen-bond donors (Lipinski definition) is 1. The summed E-state index contributed by atoms with van der Waals surface area (Å²) in [7, 11) is 0. The van der Waals surface area contributed by atoms with E-state index in [1.165, 1.54) is 32.1 Å². The third kappa shape index (κ3) is 1.79. The zero-order valence-corrected chi connectivity index (χ0v) is 14.5. The Morgan fingerprint density at radius 3 is 2.36 bits per heavy atom. The van der Waals surface area contributed by atoms with Crippen molar-refractivity contribution in [3.05, 3.63) is 0 Å². The predicted molar refractivity (Wildman–Crippen MR) is 87.3 cm³/mol. The first kappa shape index (κ1) is 15.2. The van der Waals surface area contributed by atoms with E-state index in [9.17, 15) is 9.90 Å². The lowest BCUT2D eigenvalue weighted by molar-refractivity contribution is -0.152. The highest BCUT2D eigenvalue weighted by Gasteiger charge is 2.60. The molecule has 0 saturated heterocycles. The zero-order chi connectivity index (χ0) is 15.7. The first-order valence-electron chi connectivity index (χ1n) is 9.58. The number of ketones is 1. The van der Waals surface area contributed by atoms with E-state index in [-0.39, 0.29) is 17.4 Å². The molecule has 4 aliphatic rings. The van der Waals surface area contributed by atoms with Gasteiger partial charge in [0.1, 0.15) is 5.78 Å². The molecule has 0 radical (unpaired) electrons. The molecule has 2 heteroatoms. The summed E-state index contributed by atoms with van der Waals surface area (Å²) in [6.07, 6.45) is 9.12. The number of hydrogen-bond acceptors (Lipinski definition) is 2. The van der Waals surface area contributed by atoms with Crippen molar-refractivity contribution in [3.8, 4) is 0 Å². The molecule has 4 saturated carbocycles. The molecule has 2 nitrogen and oxygen atoms in total. The highest BCUT2D eigenvalue weighted by molar-refractivity contribution is 5.82. The first-order valence-corrected chi connectivity index (χ1v) is 9.58. The van der Waals surface area contributed by atoms with Crippen LogP contribution in [0.5, 0.6) is 0 Å². The van der Waals surface area contributed by atoms with Gasteiger partial charge in [-0.3, -0.25) is 4.79 Å². The monoisotopic (exact) mass is 304 g/mol.